The van der Waals surface area contributed by atoms with Gasteiger partial charge in [0, 0.05) is 36.0 Å². The molecule has 0 aromatic heterocycles. The number of amides is 2. The number of urea groups is 1. The van der Waals surface area contributed by atoms with Crippen LogP contribution in [0, 0.1) is 0 Å². The minimum atomic E-state index is 0.0102. The van der Waals surface area contributed by atoms with E-state index < -0.39 is 0 Å². The normalized spacial score (nSPS) is 22.9. The standard InChI is InChI=1S/C26H41N3O/c1-26(18-8-5-9-19-26)29(24-12-6-4-7-13-24)25(30)27-22-14-16-23(17-15-22)28-20-10-2-3-11-21-28/h14-17,24H,2-13,18-21H2,1H3,(H,27,30). The van der Waals surface area contributed by atoms with Crippen LogP contribution >= 0.6 is 0 Å². The number of nitrogens with one attached hydrogen (secondary N) is 1. The lowest BCUT2D eigenvalue weighted by Crippen LogP contribution is -2.57. The first-order chi connectivity index (χ1) is 14.7. The van der Waals surface area contributed by atoms with Gasteiger partial charge in [-0.1, -0.05) is 51.4 Å². The number of hydrogen-bond acceptors (Lipinski definition) is 2. The lowest BCUT2D eigenvalue weighted by Gasteiger charge is -2.49. The van der Waals surface area contributed by atoms with E-state index >= 15 is 0 Å². The second kappa shape index (κ2) is 10.1. The van der Waals surface area contributed by atoms with Crippen molar-refractivity contribution in [1.82, 2.24) is 4.90 Å². The van der Waals surface area contributed by atoms with Crippen LogP contribution in [0.25, 0.3) is 0 Å². The van der Waals surface area contributed by atoms with Gasteiger partial charge in [-0.25, -0.2) is 4.79 Å². The fraction of sp³-hybridized carbons (Fsp3) is 0.731. The average molecular weight is 412 g/mol. The van der Waals surface area contributed by atoms with E-state index in [4.69, 9.17) is 0 Å². The van der Waals surface area contributed by atoms with Gasteiger partial charge in [0.15, 0.2) is 0 Å². The Morgan fingerprint density at radius 2 is 1.43 bits per heavy atom. The largest absolute Gasteiger partial charge is 0.372 e. The van der Waals surface area contributed by atoms with Crippen LogP contribution in [0.2, 0.25) is 0 Å². The molecule has 166 valence electrons. The minimum Gasteiger partial charge on any atom is -0.372 e. The molecule has 2 amide bonds. The Hall–Kier alpha value is -1.71. The van der Waals surface area contributed by atoms with Gasteiger partial charge in [-0.05, 0) is 69.7 Å². The number of carbonyl (C=O) groups is 1. The highest BCUT2D eigenvalue weighted by molar-refractivity contribution is 5.90. The van der Waals surface area contributed by atoms with Gasteiger partial charge in [0.05, 0.1) is 0 Å². The molecule has 4 rings (SSSR count). The number of hydrogen-bond donors (Lipinski definition) is 1. The van der Waals surface area contributed by atoms with Crippen LogP contribution in [0.1, 0.15) is 96.8 Å². The Labute approximate surface area is 183 Å². The van der Waals surface area contributed by atoms with Crippen molar-refractivity contribution in [3.05, 3.63) is 24.3 Å². The van der Waals surface area contributed by atoms with Crippen molar-refractivity contribution in [2.75, 3.05) is 23.3 Å². The van der Waals surface area contributed by atoms with Crippen LogP contribution in [-0.4, -0.2) is 35.6 Å². The number of nitrogens with zero attached hydrogens (tertiary/aromatic N) is 2. The third kappa shape index (κ3) is 5.12. The van der Waals surface area contributed by atoms with Crippen molar-refractivity contribution in [2.45, 2.75) is 108 Å². The first kappa shape index (κ1) is 21.5. The van der Waals surface area contributed by atoms with Crippen molar-refractivity contribution < 1.29 is 4.79 Å². The maximum absolute atomic E-state index is 13.6. The van der Waals surface area contributed by atoms with Gasteiger partial charge < -0.3 is 15.1 Å². The zero-order valence-corrected chi connectivity index (χ0v) is 19.0. The van der Waals surface area contributed by atoms with Crippen LogP contribution in [0.15, 0.2) is 24.3 Å². The van der Waals surface area contributed by atoms with Crippen molar-refractivity contribution >= 4 is 17.4 Å². The quantitative estimate of drug-likeness (QED) is 0.581. The minimum absolute atomic E-state index is 0.0102. The summed E-state index contributed by atoms with van der Waals surface area (Å²) in [4.78, 5) is 18.3. The smallest absolute Gasteiger partial charge is 0.322 e. The number of anilines is 2. The van der Waals surface area contributed by atoms with Gasteiger partial charge in [0.1, 0.15) is 0 Å². The van der Waals surface area contributed by atoms with Crippen molar-refractivity contribution in [1.29, 1.82) is 0 Å². The highest BCUT2D eigenvalue weighted by Crippen LogP contribution is 2.38. The van der Waals surface area contributed by atoms with E-state index in [0.717, 1.165) is 44.5 Å². The molecule has 2 aliphatic carbocycles. The van der Waals surface area contributed by atoms with Gasteiger partial charge in [0.2, 0.25) is 0 Å². The van der Waals surface area contributed by atoms with Crippen LogP contribution < -0.4 is 10.2 Å². The van der Waals surface area contributed by atoms with Gasteiger partial charge in [-0.2, -0.15) is 0 Å². The summed E-state index contributed by atoms with van der Waals surface area (Å²) < 4.78 is 0. The summed E-state index contributed by atoms with van der Waals surface area (Å²) in [7, 11) is 0. The third-order valence-electron chi connectivity index (χ3n) is 7.76. The molecule has 0 bridgehead atoms. The molecule has 1 saturated heterocycles. The van der Waals surface area contributed by atoms with Gasteiger partial charge in [0.25, 0.3) is 0 Å². The fourth-order valence-electron chi connectivity index (χ4n) is 6.01. The van der Waals surface area contributed by atoms with Gasteiger partial charge >= 0.3 is 6.03 Å². The van der Waals surface area contributed by atoms with Gasteiger partial charge in [-0.15, -0.1) is 0 Å². The molecule has 30 heavy (non-hydrogen) atoms. The second-order valence-electron chi connectivity index (χ2n) is 10.1. The summed E-state index contributed by atoms with van der Waals surface area (Å²) in [6, 6.07) is 9.09. The summed E-state index contributed by atoms with van der Waals surface area (Å²) in [6.07, 6.45) is 17.5. The maximum Gasteiger partial charge on any atom is 0.322 e. The second-order valence-corrected chi connectivity index (χ2v) is 10.1. The van der Waals surface area contributed by atoms with E-state index in [1.807, 2.05) is 0 Å². The molecular weight excluding hydrogens is 370 g/mol. The van der Waals surface area contributed by atoms with Crippen molar-refractivity contribution in [3.8, 4) is 0 Å². The number of rotatable bonds is 4. The van der Waals surface area contributed by atoms with Crippen LogP contribution in [0.4, 0.5) is 16.2 Å². The van der Waals surface area contributed by atoms with Crippen LogP contribution in [-0.2, 0) is 0 Å². The number of benzene rings is 1. The topological polar surface area (TPSA) is 35.6 Å². The average Bonchev–Trinajstić information content (AvgIpc) is 3.05. The predicted molar refractivity (Wildman–Crippen MR) is 126 cm³/mol. The Kier molecular flexibility index (Phi) is 7.22. The molecule has 3 aliphatic rings. The molecular formula is C26H41N3O. The molecule has 1 heterocycles. The highest BCUT2D eigenvalue weighted by atomic mass is 16.2. The SMILES string of the molecule is CC1(N(C(=O)Nc2ccc(N3CCCCCC3)cc2)C2CCCCC2)CCCCC1. The molecule has 1 aromatic carbocycles. The first-order valence-electron chi connectivity index (χ1n) is 12.6. The predicted octanol–water partition coefficient (Wildman–Crippen LogP) is 6.96. The molecule has 1 aliphatic heterocycles. The fourth-order valence-corrected chi connectivity index (χ4v) is 6.01. The molecule has 3 fully saturated rings. The van der Waals surface area contributed by atoms with Crippen LogP contribution in [0.5, 0.6) is 0 Å². The first-order valence-corrected chi connectivity index (χ1v) is 12.6. The lowest BCUT2D eigenvalue weighted by atomic mass is 9.79. The summed E-state index contributed by atoms with van der Waals surface area (Å²) in [5, 5.41) is 3.27. The van der Waals surface area contributed by atoms with E-state index in [1.165, 1.54) is 69.9 Å². The van der Waals surface area contributed by atoms with E-state index in [9.17, 15) is 4.79 Å². The molecule has 0 spiro atoms. The van der Waals surface area contributed by atoms with E-state index in [-0.39, 0.29) is 11.6 Å². The maximum atomic E-state index is 13.6. The Morgan fingerprint density at radius 1 is 0.867 bits per heavy atom. The third-order valence-corrected chi connectivity index (χ3v) is 7.76. The molecule has 4 nitrogen and oxygen atoms in total. The summed E-state index contributed by atoms with van der Waals surface area (Å²) >= 11 is 0. The van der Waals surface area contributed by atoms with Gasteiger partial charge in [-0.3, -0.25) is 0 Å². The zero-order chi connectivity index (χ0) is 20.8. The summed E-state index contributed by atoms with van der Waals surface area (Å²) in [6.45, 7) is 4.64. The van der Waals surface area contributed by atoms with Crippen molar-refractivity contribution in [3.63, 3.8) is 0 Å². The molecule has 4 heteroatoms. The molecule has 0 atom stereocenters. The molecule has 1 N–H and O–H groups in total. The molecule has 0 radical (unpaired) electrons. The van der Waals surface area contributed by atoms with Crippen LogP contribution in [0.3, 0.4) is 0 Å². The van der Waals surface area contributed by atoms with E-state index in [1.54, 1.807) is 0 Å². The summed E-state index contributed by atoms with van der Waals surface area (Å²) in [5.41, 5.74) is 2.23. The zero-order valence-electron chi connectivity index (χ0n) is 19.0. The Bertz CT molecular complexity index is 666. The lowest BCUT2D eigenvalue weighted by molar-refractivity contribution is 0.0513. The summed E-state index contributed by atoms with van der Waals surface area (Å²) in [5.74, 6) is 0. The molecule has 1 aromatic rings. The highest BCUT2D eigenvalue weighted by Gasteiger charge is 2.40. The number of carbonyl (C=O) groups excluding carboxylic acids is 1. The molecule has 0 unspecified atom stereocenters. The monoisotopic (exact) mass is 411 g/mol. The van der Waals surface area contributed by atoms with E-state index in [2.05, 4.69) is 46.3 Å². The Morgan fingerprint density at radius 3 is 2.07 bits per heavy atom. The van der Waals surface area contributed by atoms with Crippen molar-refractivity contribution in [2.24, 2.45) is 0 Å². The van der Waals surface area contributed by atoms with E-state index in [0.29, 0.717) is 6.04 Å². The Balaban J connectivity index is 1.46. The molecule has 2 saturated carbocycles.